The van der Waals surface area contributed by atoms with Crippen LogP contribution in [-0.4, -0.2) is 35.0 Å². The largest absolute Gasteiger partial charge is 0.262 e. The van der Waals surface area contributed by atoms with Crippen LogP contribution in [0.4, 0.5) is 0 Å². The molecule has 0 unspecified atom stereocenters. The van der Waals surface area contributed by atoms with Crippen molar-refractivity contribution in [1.29, 1.82) is 5.26 Å². The topological polar surface area (TPSA) is 103 Å². The second-order valence-corrected chi connectivity index (χ2v) is 6.40. The normalized spacial score (nSPS) is 11.5. The minimum atomic E-state index is -3.84. The van der Waals surface area contributed by atoms with E-state index in [2.05, 4.69) is 15.2 Å². The third-order valence-electron chi connectivity index (χ3n) is 2.59. The van der Waals surface area contributed by atoms with Gasteiger partial charge in [0.05, 0.1) is 12.1 Å². The third kappa shape index (κ3) is 2.80. The van der Waals surface area contributed by atoms with E-state index in [0.29, 0.717) is 5.82 Å². The lowest BCUT2D eigenvalue weighted by Gasteiger charge is -2.16. The molecule has 1 N–H and O–H groups in total. The van der Waals surface area contributed by atoms with Gasteiger partial charge in [0, 0.05) is 12.1 Å². The van der Waals surface area contributed by atoms with E-state index < -0.39 is 10.0 Å². The summed E-state index contributed by atoms with van der Waals surface area (Å²) >= 11 is 5.81. The number of nitrogens with zero attached hydrogens (tertiary/aromatic N) is 4. The van der Waals surface area contributed by atoms with Crippen molar-refractivity contribution in [2.45, 2.75) is 11.4 Å². The fourth-order valence-corrected chi connectivity index (χ4v) is 3.11. The van der Waals surface area contributed by atoms with Gasteiger partial charge in [0.25, 0.3) is 0 Å². The Morgan fingerprint density at radius 1 is 1.50 bits per heavy atom. The van der Waals surface area contributed by atoms with E-state index in [1.165, 1.54) is 31.6 Å². The number of benzene rings is 1. The number of halogens is 1. The average Bonchev–Trinajstić information content (AvgIpc) is 2.91. The van der Waals surface area contributed by atoms with Crippen LogP contribution in [-0.2, 0) is 16.6 Å². The Hall–Kier alpha value is -1.95. The smallest absolute Gasteiger partial charge is 0.244 e. The summed E-state index contributed by atoms with van der Waals surface area (Å²) in [6, 6.07) is 5.94. The molecule has 20 heavy (non-hydrogen) atoms. The summed E-state index contributed by atoms with van der Waals surface area (Å²) in [4.78, 5) is 3.73. The van der Waals surface area contributed by atoms with Gasteiger partial charge >= 0.3 is 0 Å². The summed E-state index contributed by atoms with van der Waals surface area (Å²) in [7, 11) is -2.45. The molecule has 0 fully saturated rings. The Bertz CT molecular complexity index is 752. The highest BCUT2D eigenvalue weighted by Gasteiger charge is 2.25. The van der Waals surface area contributed by atoms with Gasteiger partial charge in [-0.3, -0.25) is 5.10 Å². The summed E-state index contributed by atoms with van der Waals surface area (Å²) in [5.74, 6) is 0.400. The number of rotatable bonds is 4. The van der Waals surface area contributed by atoms with Crippen molar-refractivity contribution >= 4 is 21.6 Å². The van der Waals surface area contributed by atoms with Gasteiger partial charge in [0.2, 0.25) is 10.0 Å². The van der Waals surface area contributed by atoms with E-state index >= 15 is 0 Å². The molecule has 2 rings (SSSR count). The molecule has 0 saturated heterocycles. The van der Waals surface area contributed by atoms with Crippen molar-refractivity contribution in [2.24, 2.45) is 0 Å². The van der Waals surface area contributed by atoms with E-state index in [1.807, 2.05) is 6.07 Å². The molecule has 0 bridgehead atoms. The first kappa shape index (κ1) is 14.5. The predicted octanol–water partition coefficient (Wildman–Crippen LogP) is 1.15. The van der Waals surface area contributed by atoms with Gasteiger partial charge in [-0.2, -0.15) is 14.7 Å². The van der Waals surface area contributed by atoms with Crippen LogP contribution >= 0.6 is 11.6 Å². The van der Waals surface area contributed by atoms with Crippen LogP contribution in [0.3, 0.4) is 0 Å². The Morgan fingerprint density at radius 2 is 2.25 bits per heavy atom. The quantitative estimate of drug-likeness (QED) is 0.912. The molecule has 9 heteroatoms. The van der Waals surface area contributed by atoms with Gasteiger partial charge in [0.15, 0.2) is 0 Å². The summed E-state index contributed by atoms with van der Waals surface area (Å²) < 4.78 is 26.0. The zero-order valence-electron chi connectivity index (χ0n) is 10.4. The Kier molecular flexibility index (Phi) is 4.04. The third-order valence-corrected chi connectivity index (χ3v) is 4.67. The molecule has 0 aliphatic heterocycles. The van der Waals surface area contributed by atoms with E-state index in [-0.39, 0.29) is 22.0 Å². The summed E-state index contributed by atoms with van der Waals surface area (Å²) in [5, 5.41) is 15.5. The Morgan fingerprint density at radius 3 is 2.85 bits per heavy atom. The molecule has 0 aliphatic carbocycles. The number of nitrogens with one attached hydrogen (secondary N) is 1. The van der Waals surface area contributed by atoms with Crippen LogP contribution in [0.1, 0.15) is 11.4 Å². The molecule has 0 atom stereocenters. The van der Waals surface area contributed by atoms with Crippen LogP contribution < -0.4 is 0 Å². The van der Waals surface area contributed by atoms with Crippen molar-refractivity contribution in [3.63, 3.8) is 0 Å². The van der Waals surface area contributed by atoms with E-state index in [1.54, 1.807) is 0 Å². The predicted molar refractivity (Wildman–Crippen MR) is 71.2 cm³/mol. The SMILES string of the molecule is CN(Cc1ncn[nH]1)S(=O)(=O)c1cc(Cl)ccc1C#N. The number of hydrogen-bond donors (Lipinski definition) is 1. The van der Waals surface area contributed by atoms with Crippen molar-refractivity contribution in [3.8, 4) is 6.07 Å². The molecule has 2 aromatic rings. The van der Waals surface area contributed by atoms with Crippen LogP contribution in [0, 0.1) is 11.3 Å². The number of aromatic amines is 1. The first-order valence-electron chi connectivity index (χ1n) is 5.45. The maximum absolute atomic E-state index is 12.4. The maximum Gasteiger partial charge on any atom is 0.244 e. The molecule has 1 aromatic carbocycles. The minimum Gasteiger partial charge on any atom is -0.262 e. The minimum absolute atomic E-state index is 0.0136. The summed E-state index contributed by atoms with van der Waals surface area (Å²) in [6.45, 7) is 0.0136. The molecule has 104 valence electrons. The molecule has 7 nitrogen and oxygen atoms in total. The lowest BCUT2D eigenvalue weighted by Crippen LogP contribution is -2.27. The van der Waals surface area contributed by atoms with Gasteiger partial charge in [0.1, 0.15) is 23.1 Å². The van der Waals surface area contributed by atoms with Gasteiger partial charge in [-0.05, 0) is 18.2 Å². The van der Waals surface area contributed by atoms with E-state index in [9.17, 15) is 8.42 Å². The molecule has 1 heterocycles. The highest BCUT2D eigenvalue weighted by Crippen LogP contribution is 2.23. The summed E-state index contributed by atoms with van der Waals surface area (Å²) in [6.07, 6.45) is 1.29. The Labute approximate surface area is 120 Å². The molecular formula is C11H10ClN5O2S. The fourth-order valence-electron chi connectivity index (χ4n) is 1.57. The number of nitriles is 1. The van der Waals surface area contributed by atoms with Crippen molar-refractivity contribution in [3.05, 3.63) is 40.9 Å². The second kappa shape index (κ2) is 5.58. The number of H-pyrrole nitrogens is 1. The first-order chi connectivity index (χ1) is 9.45. The lowest BCUT2D eigenvalue weighted by atomic mass is 10.2. The van der Waals surface area contributed by atoms with Crippen LogP contribution in [0.5, 0.6) is 0 Å². The first-order valence-corrected chi connectivity index (χ1v) is 7.27. The molecular weight excluding hydrogens is 302 g/mol. The lowest BCUT2D eigenvalue weighted by molar-refractivity contribution is 0.457. The highest BCUT2D eigenvalue weighted by atomic mass is 35.5. The standard InChI is InChI=1S/C11H10ClN5O2S/c1-17(6-11-14-7-15-16-11)20(18,19)10-4-9(12)3-2-8(10)5-13/h2-4,7H,6H2,1H3,(H,14,15,16). The van der Waals surface area contributed by atoms with Crippen molar-refractivity contribution in [2.75, 3.05) is 7.05 Å². The number of aromatic nitrogens is 3. The fraction of sp³-hybridized carbons (Fsp3) is 0.182. The van der Waals surface area contributed by atoms with Gasteiger partial charge in [-0.15, -0.1) is 0 Å². The highest BCUT2D eigenvalue weighted by molar-refractivity contribution is 7.89. The van der Waals surface area contributed by atoms with E-state index in [0.717, 1.165) is 4.31 Å². The number of hydrogen-bond acceptors (Lipinski definition) is 5. The average molecular weight is 312 g/mol. The molecule has 0 radical (unpaired) electrons. The second-order valence-electron chi connectivity index (χ2n) is 3.95. The Balaban J connectivity index is 2.40. The summed E-state index contributed by atoms with van der Waals surface area (Å²) in [5.41, 5.74) is 0.0406. The number of sulfonamides is 1. The van der Waals surface area contributed by atoms with E-state index in [4.69, 9.17) is 16.9 Å². The van der Waals surface area contributed by atoms with Gasteiger partial charge < -0.3 is 0 Å². The van der Waals surface area contributed by atoms with Gasteiger partial charge in [-0.25, -0.2) is 13.4 Å². The molecule has 0 saturated carbocycles. The zero-order valence-corrected chi connectivity index (χ0v) is 12.0. The van der Waals surface area contributed by atoms with Crippen molar-refractivity contribution < 1.29 is 8.42 Å². The molecule has 0 amide bonds. The maximum atomic E-state index is 12.4. The van der Waals surface area contributed by atoms with Crippen molar-refractivity contribution in [1.82, 2.24) is 19.5 Å². The van der Waals surface area contributed by atoms with Gasteiger partial charge in [-0.1, -0.05) is 11.6 Å². The van der Waals surface area contributed by atoms with Crippen LogP contribution in [0.25, 0.3) is 0 Å². The van der Waals surface area contributed by atoms with Crippen LogP contribution in [0.2, 0.25) is 5.02 Å². The molecule has 0 spiro atoms. The molecule has 1 aromatic heterocycles. The monoisotopic (exact) mass is 311 g/mol. The zero-order chi connectivity index (χ0) is 14.8. The molecule has 0 aliphatic rings. The van der Waals surface area contributed by atoms with Crippen LogP contribution in [0.15, 0.2) is 29.4 Å².